The third-order valence-electron chi connectivity index (χ3n) is 2.58. The Balaban J connectivity index is 0. The maximum atomic E-state index is 12.0. The first-order chi connectivity index (χ1) is 8.45. The molecule has 3 unspecified atom stereocenters. The van der Waals surface area contributed by atoms with Crippen LogP contribution < -0.4 is 18.1 Å². The number of rotatable bonds is 6. The van der Waals surface area contributed by atoms with Crippen LogP contribution in [0.15, 0.2) is 12.2 Å². The molecular weight excluding hydrogens is 627 g/mol. The van der Waals surface area contributed by atoms with E-state index in [2.05, 4.69) is 29.2 Å². The van der Waals surface area contributed by atoms with E-state index >= 15 is 0 Å². The van der Waals surface area contributed by atoms with Gasteiger partial charge in [0, 0.05) is 0 Å². The van der Waals surface area contributed by atoms with Gasteiger partial charge in [-0.1, -0.05) is 0 Å². The van der Waals surface area contributed by atoms with Crippen LogP contribution >= 0.6 is 43.2 Å². The Morgan fingerprint density at radius 1 is 1.70 bits per heavy atom. The predicted molar refractivity (Wildman–Crippen MR) is 81.9 cm³/mol. The minimum absolute atomic E-state index is 0. The van der Waals surface area contributed by atoms with Crippen LogP contribution in [0, 0.1) is 0 Å². The molecule has 1 aliphatic rings. The molecule has 0 radical (unpaired) electrons. The molecule has 1 saturated heterocycles. The summed E-state index contributed by atoms with van der Waals surface area (Å²) in [5.74, 6) is -0.607. The SMILES string of the molecule is C=C(C)C(C(=O)OCCI)N1C(=O)C(N)C1[S][Hg+].Cl.[Cl-]. The van der Waals surface area contributed by atoms with E-state index in [0.717, 1.165) is 4.43 Å². The second kappa shape index (κ2) is 10.9. The van der Waals surface area contributed by atoms with Crippen molar-refractivity contribution in [2.24, 2.45) is 5.73 Å². The first kappa shape index (κ1) is 23.5. The Morgan fingerprint density at radius 3 is 2.65 bits per heavy atom. The largest absolute Gasteiger partial charge is 1.00 e. The normalized spacial score (nSPS) is 22.1. The minimum Gasteiger partial charge on any atom is -1.00 e. The fourth-order valence-corrected chi connectivity index (χ4v) is 6.96. The van der Waals surface area contributed by atoms with Crippen LogP contribution in [0.5, 0.6) is 0 Å². The number of esters is 1. The topological polar surface area (TPSA) is 72.6 Å². The molecule has 0 aromatic carbocycles. The molecule has 3 atom stereocenters. The van der Waals surface area contributed by atoms with E-state index in [9.17, 15) is 9.59 Å². The van der Waals surface area contributed by atoms with Gasteiger partial charge >= 0.3 is 140 Å². The van der Waals surface area contributed by atoms with Gasteiger partial charge in [-0.2, -0.15) is 0 Å². The molecule has 5 nitrogen and oxygen atoms in total. The molecule has 1 heterocycles. The van der Waals surface area contributed by atoms with Gasteiger partial charge in [-0.3, -0.25) is 0 Å². The van der Waals surface area contributed by atoms with Gasteiger partial charge in [-0.15, -0.1) is 12.4 Å². The smallest absolute Gasteiger partial charge is 0.147 e. The van der Waals surface area contributed by atoms with E-state index in [1.165, 1.54) is 4.90 Å². The number of alkyl halides is 1. The fourth-order valence-electron chi connectivity index (χ4n) is 1.74. The molecule has 1 fully saturated rings. The molecule has 112 valence electrons. The number of nitrogens with two attached hydrogens (primary N) is 1. The number of amides is 1. The van der Waals surface area contributed by atoms with Gasteiger partial charge in [0.25, 0.3) is 0 Å². The van der Waals surface area contributed by atoms with Gasteiger partial charge in [0.2, 0.25) is 0 Å². The first-order valence-electron chi connectivity index (χ1n) is 5.32. The number of ether oxygens (including phenoxy) is 1. The Kier molecular flexibility index (Phi) is 12.8. The van der Waals surface area contributed by atoms with Crippen molar-refractivity contribution in [1.29, 1.82) is 0 Å². The Morgan fingerprint density at radius 2 is 2.25 bits per heavy atom. The third-order valence-corrected chi connectivity index (χ3v) is 7.87. The fraction of sp³-hybridized carbons (Fsp3) is 0.600. The molecule has 10 heteroatoms. The average Bonchev–Trinajstić information content (AvgIpc) is 2.34. The molecule has 20 heavy (non-hydrogen) atoms. The zero-order chi connectivity index (χ0) is 13.9. The van der Waals surface area contributed by atoms with Gasteiger partial charge in [-0.05, 0) is 0 Å². The molecule has 0 aliphatic carbocycles. The van der Waals surface area contributed by atoms with E-state index in [-0.39, 0.29) is 36.1 Å². The summed E-state index contributed by atoms with van der Waals surface area (Å²) in [6, 6.07) is -1.19. The number of carbonyl (C=O) groups excluding carboxylic acids is 2. The maximum Gasteiger partial charge on any atom is -0.147 e. The first-order valence-corrected chi connectivity index (χ1v) is 14.6. The summed E-state index contributed by atoms with van der Waals surface area (Å²) in [5, 5.41) is -0.102. The number of likely N-dealkylation sites (tertiary alicyclic amines) is 1. The van der Waals surface area contributed by atoms with Crippen molar-refractivity contribution in [3.8, 4) is 0 Å². The Bertz CT molecular complexity index is 378. The summed E-state index contributed by atoms with van der Waals surface area (Å²) in [5.41, 5.74) is 6.35. The van der Waals surface area contributed by atoms with Crippen LogP contribution in [0.3, 0.4) is 0 Å². The molecule has 1 aliphatic heterocycles. The van der Waals surface area contributed by atoms with Crippen molar-refractivity contribution in [2.45, 2.75) is 24.4 Å². The molecule has 1 rings (SSSR count). The van der Waals surface area contributed by atoms with Crippen LogP contribution in [-0.2, 0) is 38.9 Å². The van der Waals surface area contributed by atoms with Gasteiger partial charge in [-0.25, -0.2) is 0 Å². The quantitative estimate of drug-likeness (QED) is 0.0911. The number of nitrogens with zero attached hydrogens (tertiary/aromatic N) is 1. The van der Waals surface area contributed by atoms with Crippen molar-refractivity contribution < 1.29 is 51.3 Å². The third kappa shape index (κ3) is 5.15. The maximum absolute atomic E-state index is 12.0. The summed E-state index contributed by atoms with van der Waals surface area (Å²) < 4.78 is 5.84. The Hall–Kier alpha value is 1.24. The van der Waals surface area contributed by atoms with Crippen molar-refractivity contribution in [1.82, 2.24) is 4.90 Å². The average molecular weight is 642 g/mol. The van der Waals surface area contributed by atoms with Gasteiger partial charge in [0.05, 0.1) is 0 Å². The number of halogens is 3. The molecule has 2 N–H and O–H groups in total. The minimum atomic E-state index is -0.693. The molecular formula is C10H15Cl2HgIN2O3S. The molecule has 0 aromatic rings. The predicted octanol–water partition coefficient (Wildman–Crippen LogP) is -1.97. The van der Waals surface area contributed by atoms with E-state index in [0.29, 0.717) is 36.8 Å². The van der Waals surface area contributed by atoms with Crippen LogP contribution in [0.4, 0.5) is 0 Å². The second-order valence-electron chi connectivity index (χ2n) is 3.93. The van der Waals surface area contributed by atoms with Crippen LogP contribution in [-0.4, -0.2) is 45.3 Å². The van der Waals surface area contributed by atoms with Gasteiger partial charge in [0.15, 0.2) is 0 Å². The molecule has 1 amide bonds. The summed E-state index contributed by atoms with van der Waals surface area (Å²) in [4.78, 5) is 25.3. The summed E-state index contributed by atoms with van der Waals surface area (Å²) in [6.07, 6.45) is 0. The number of hydrogen-bond acceptors (Lipinski definition) is 5. The van der Waals surface area contributed by atoms with Crippen molar-refractivity contribution in [3.63, 3.8) is 0 Å². The summed E-state index contributed by atoms with van der Waals surface area (Å²) >= 11 is 2.57. The summed E-state index contributed by atoms with van der Waals surface area (Å²) in [6.45, 7) is 5.86. The molecule has 0 spiro atoms. The zero-order valence-electron chi connectivity index (χ0n) is 10.9. The van der Waals surface area contributed by atoms with Gasteiger partial charge < -0.3 is 12.4 Å². The Labute approximate surface area is 163 Å². The van der Waals surface area contributed by atoms with Gasteiger partial charge in [0.1, 0.15) is 0 Å². The van der Waals surface area contributed by atoms with Crippen LogP contribution in [0.25, 0.3) is 0 Å². The molecule has 0 aromatic heterocycles. The number of β-lactam (4-membered cyclic amide) rings is 1. The van der Waals surface area contributed by atoms with E-state index in [1.807, 2.05) is 0 Å². The van der Waals surface area contributed by atoms with E-state index in [4.69, 9.17) is 10.5 Å². The monoisotopic (exact) mass is 642 g/mol. The zero-order valence-corrected chi connectivity index (χ0v) is 20.9. The summed E-state index contributed by atoms with van der Waals surface area (Å²) in [7, 11) is 1.64. The van der Waals surface area contributed by atoms with Crippen LogP contribution in [0.2, 0.25) is 0 Å². The molecule has 0 saturated carbocycles. The second-order valence-corrected chi connectivity index (χ2v) is 9.72. The number of carbonyl (C=O) groups is 2. The molecule has 0 bridgehead atoms. The van der Waals surface area contributed by atoms with Crippen molar-refractivity contribution in [3.05, 3.63) is 12.2 Å². The van der Waals surface area contributed by atoms with E-state index in [1.54, 1.807) is 15.2 Å². The number of hydrogen-bond donors (Lipinski definition) is 1. The van der Waals surface area contributed by atoms with E-state index < -0.39 is 18.1 Å². The standard InChI is InChI=1S/C10H15IN2O3S.2ClH.Hg/c1-5(2)7(10(15)16-4-3-11)13-8(14)6(12)9(13)17;;;/h6-7,9,17H,1,3-4,12H2,2H3;2*1H;/q;;;+2/p-2. The van der Waals surface area contributed by atoms with Crippen LogP contribution in [0.1, 0.15) is 6.92 Å². The van der Waals surface area contributed by atoms with Crippen molar-refractivity contribution in [2.75, 3.05) is 11.0 Å². The van der Waals surface area contributed by atoms with Crippen molar-refractivity contribution >= 4 is 55.1 Å².